The van der Waals surface area contributed by atoms with Gasteiger partial charge in [-0.1, -0.05) is 13.3 Å². The summed E-state index contributed by atoms with van der Waals surface area (Å²) >= 11 is 4.30. The number of nitrogens with two attached hydrogens (primary N) is 1. The van der Waals surface area contributed by atoms with E-state index in [1.807, 2.05) is 6.92 Å². The number of rotatable bonds is 3. The smallest absolute Gasteiger partial charge is 0.866 e. The van der Waals surface area contributed by atoms with Crippen LogP contribution in [0.25, 0.3) is 0 Å². The molecule has 0 aromatic rings. The van der Waals surface area contributed by atoms with Crippen LogP contribution in [0.1, 0.15) is 19.8 Å². The van der Waals surface area contributed by atoms with Crippen molar-refractivity contribution in [2.24, 2.45) is 5.73 Å². The first kappa shape index (κ1) is 13.1. The van der Waals surface area contributed by atoms with Crippen molar-refractivity contribution in [3.05, 3.63) is 0 Å². The molecule has 0 aliphatic rings. The Morgan fingerprint density at radius 3 is 2.33 bits per heavy atom. The van der Waals surface area contributed by atoms with Gasteiger partial charge < -0.3 is 10.8 Å². The van der Waals surface area contributed by atoms with Crippen molar-refractivity contribution in [2.45, 2.75) is 25.8 Å². The molecule has 0 rings (SSSR count). The van der Waals surface area contributed by atoms with Crippen LogP contribution in [0.4, 0.5) is 0 Å². The van der Waals surface area contributed by atoms with Crippen LogP contribution in [0.15, 0.2) is 0 Å². The molecule has 4 heteroatoms. The van der Waals surface area contributed by atoms with Gasteiger partial charge in [0.2, 0.25) is 0 Å². The Morgan fingerprint density at radius 1 is 1.78 bits per heavy atom. The zero-order chi connectivity index (χ0) is 6.57. The Kier molecular flexibility index (Phi) is 11.1. The minimum absolute atomic E-state index is 0. The SMILES string of the molecule is CCCC(N)C([O-])=S.[K+]. The molecule has 0 amide bonds. The van der Waals surface area contributed by atoms with E-state index >= 15 is 0 Å². The number of hydrogen-bond donors (Lipinski definition) is 1. The Morgan fingerprint density at radius 2 is 2.22 bits per heavy atom. The Labute approximate surface area is 104 Å². The van der Waals surface area contributed by atoms with E-state index in [1.165, 1.54) is 0 Å². The van der Waals surface area contributed by atoms with Crippen LogP contribution in [0.5, 0.6) is 0 Å². The minimum atomic E-state index is -0.407. The van der Waals surface area contributed by atoms with Crippen LogP contribution >= 0.6 is 12.2 Å². The molecule has 0 spiro atoms. The first-order chi connectivity index (χ1) is 3.68. The third-order valence-electron chi connectivity index (χ3n) is 0.902. The maximum absolute atomic E-state index is 10.2. The van der Waals surface area contributed by atoms with Crippen LogP contribution < -0.4 is 62.2 Å². The van der Waals surface area contributed by atoms with E-state index in [0.29, 0.717) is 6.42 Å². The molecule has 2 nitrogen and oxygen atoms in total. The molecule has 0 saturated heterocycles. The van der Waals surface area contributed by atoms with Crippen molar-refractivity contribution in [1.29, 1.82) is 0 Å². The van der Waals surface area contributed by atoms with E-state index in [4.69, 9.17) is 5.73 Å². The van der Waals surface area contributed by atoms with Gasteiger partial charge >= 0.3 is 51.4 Å². The number of thiocarbonyl (C=S) groups is 1. The average Bonchev–Trinajstić information content (AvgIpc) is 1.67. The van der Waals surface area contributed by atoms with E-state index < -0.39 is 6.04 Å². The largest absolute Gasteiger partial charge is 1.00 e. The monoisotopic (exact) mass is 171 g/mol. The normalized spacial score (nSPS) is 11.8. The maximum Gasteiger partial charge on any atom is 1.00 e. The molecular formula is C5H10KNOS. The van der Waals surface area contributed by atoms with Gasteiger partial charge in [-0.05, 0) is 11.5 Å². The number of hydrogen-bond acceptors (Lipinski definition) is 3. The second-order valence-corrected chi connectivity index (χ2v) is 2.12. The summed E-state index contributed by atoms with van der Waals surface area (Å²) in [5.41, 5.74) is 5.27. The van der Waals surface area contributed by atoms with Crippen LogP contribution in [-0.4, -0.2) is 11.1 Å². The van der Waals surface area contributed by atoms with Gasteiger partial charge in [-0.15, -0.1) is 12.2 Å². The predicted octanol–water partition coefficient (Wildman–Crippen LogP) is -3.19. The van der Waals surface area contributed by atoms with Gasteiger partial charge in [-0.25, -0.2) is 0 Å². The molecule has 0 fully saturated rings. The van der Waals surface area contributed by atoms with Gasteiger partial charge in [-0.3, -0.25) is 0 Å². The van der Waals surface area contributed by atoms with E-state index in [-0.39, 0.29) is 56.4 Å². The fourth-order valence-corrected chi connectivity index (χ4v) is 0.547. The zero-order valence-electron chi connectivity index (χ0n) is 5.89. The summed E-state index contributed by atoms with van der Waals surface area (Å²) in [5, 5.41) is 9.90. The van der Waals surface area contributed by atoms with Crippen molar-refractivity contribution >= 4 is 17.3 Å². The second-order valence-electron chi connectivity index (χ2n) is 1.71. The first-order valence-electron chi connectivity index (χ1n) is 2.65. The molecule has 2 N–H and O–H groups in total. The molecule has 48 valence electrons. The topological polar surface area (TPSA) is 49.1 Å². The van der Waals surface area contributed by atoms with Crippen LogP contribution in [0.2, 0.25) is 0 Å². The molecule has 0 bridgehead atoms. The summed E-state index contributed by atoms with van der Waals surface area (Å²) < 4.78 is 0. The summed E-state index contributed by atoms with van der Waals surface area (Å²) in [6.45, 7) is 1.97. The van der Waals surface area contributed by atoms with Crippen molar-refractivity contribution in [1.82, 2.24) is 0 Å². The van der Waals surface area contributed by atoms with Gasteiger partial charge in [0.05, 0.1) is 0 Å². The van der Waals surface area contributed by atoms with Gasteiger partial charge in [-0.2, -0.15) is 0 Å². The molecule has 0 aromatic heterocycles. The molecule has 9 heavy (non-hydrogen) atoms. The average molecular weight is 171 g/mol. The van der Waals surface area contributed by atoms with Crippen LogP contribution in [-0.2, 0) is 0 Å². The van der Waals surface area contributed by atoms with Gasteiger partial charge in [0.1, 0.15) is 0 Å². The summed E-state index contributed by atoms with van der Waals surface area (Å²) in [5.74, 6) is 0. The third-order valence-corrected chi connectivity index (χ3v) is 1.21. The predicted molar refractivity (Wildman–Crippen MR) is 35.5 cm³/mol. The van der Waals surface area contributed by atoms with Crippen molar-refractivity contribution < 1.29 is 56.5 Å². The quantitative estimate of drug-likeness (QED) is 0.359. The summed E-state index contributed by atoms with van der Waals surface area (Å²) in [4.78, 5) is 0. The standard InChI is InChI=1S/C5H11NOS.K/c1-2-3-4(6)5(7)8;/h4H,2-3,6H2,1H3,(H,7,8);/q;+1/p-1. The van der Waals surface area contributed by atoms with Crippen molar-refractivity contribution in [3.8, 4) is 0 Å². The minimum Gasteiger partial charge on any atom is -0.866 e. The maximum atomic E-state index is 10.2. The van der Waals surface area contributed by atoms with E-state index in [9.17, 15) is 5.11 Å². The zero-order valence-corrected chi connectivity index (χ0v) is 9.83. The van der Waals surface area contributed by atoms with Crippen molar-refractivity contribution in [3.63, 3.8) is 0 Å². The second kappa shape index (κ2) is 7.59. The van der Waals surface area contributed by atoms with Gasteiger partial charge in [0, 0.05) is 6.04 Å². The molecule has 0 aromatic carbocycles. The van der Waals surface area contributed by atoms with E-state index in [2.05, 4.69) is 12.2 Å². The van der Waals surface area contributed by atoms with Crippen molar-refractivity contribution in [2.75, 3.05) is 0 Å². The summed E-state index contributed by atoms with van der Waals surface area (Å²) in [7, 11) is 0. The van der Waals surface area contributed by atoms with Crippen LogP contribution in [0, 0.1) is 0 Å². The molecule has 0 aliphatic carbocycles. The fraction of sp³-hybridized carbons (Fsp3) is 0.800. The molecule has 1 unspecified atom stereocenters. The molecule has 0 heterocycles. The molecule has 0 aliphatic heterocycles. The fourth-order valence-electron chi connectivity index (χ4n) is 0.429. The van der Waals surface area contributed by atoms with E-state index in [0.717, 1.165) is 6.42 Å². The van der Waals surface area contributed by atoms with Gasteiger partial charge in [0.15, 0.2) is 0 Å². The molecular weight excluding hydrogens is 161 g/mol. The Balaban J connectivity index is 0. The van der Waals surface area contributed by atoms with Gasteiger partial charge in [0.25, 0.3) is 0 Å². The summed E-state index contributed by atoms with van der Waals surface area (Å²) in [6.07, 6.45) is 1.63. The Hall–Kier alpha value is 1.49. The summed E-state index contributed by atoms with van der Waals surface area (Å²) in [6, 6.07) is -0.407. The molecule has 0 radical (unpaired) electrons. The first-order valence-corrected chi connectivity index (χ1v) is 3.05. The molecule has 1 atom stereocenters. The molecule has 0 saturated carbocycles. The van der Waals surface area contributed by atoms with E-state index in [1.54, 1.807) is 0 Å². The Bertz CT molecular complexity index is 89.0. The van der Waals surface area contributed by atoms with Crippen LogP contribution in [0.3, 0.4) is 0 Å². The third kappa shape index (κ3) is 7.38.